The molecule has 0 saturated heterocycles. The molecule has 1 N–H and O–H groups in total. The third kappa shape index (κ3) is 3.88. The molecule has 0 saturated carbocycles. The summed E-state index contributed by atoms with van der Waals surface area (Å²) < 4.78 is 5.21. The van der Waals surface area contributed by atoms with Crippen LogP contribution < -0.4 is 10.2 Å². The minimum absolute atomic E-state index is 0.317. The quantitative estimate of drug-likeness (QED) is 0.859. The van der Waals surface area contributed by atoms with Gasteiger partial charge in [-0.2, -0.15) is 0 Å². The molecular formula is C17H23N3O2S. The Balaban J connectivity index is 2.42. The van der Waals surface area contributed by atoms with Crippen molar-refractivity contribution in [1.29, 1.82) is 0 Å². The van der Waals surface area contributed by atoms with Gasteiger partial charge in [-0.25, -0.2) is 9.79 Å². The highest BCUT2D eigenvalue weighted by atomic mass is 32.2. The van der Waals surface area contributed by atoms with Crippen LogP contribution in [0, 0.1) is 0 Å². The maximum absolute atomic E-state index is 12.4. The zero-order chi connectivity index (χ0) is 17.0. The molecule has 2 rings (SSSR count). The average molecular weight is 333 g/mol. The van der Waals surface area contributed by atoms with Crippen LogP contribution in [0.4, 0.5) is 5.69 Å². The molecule has 23 heavy (non-hydrogen) atoms. The van der Waals surface area contributed by atoms with Gasteiger partial charge in [0.25, 0.3) is 0 Å². The summed E-state index contributed by atoms with van der Waals surface area (Å²) in [4.78, 5) is 19.1. The Labute approximate surface area is 141 Å². The van der Waals surface area contributed by atoms with E-state index in [1.54, 1.807) is 0 Å². The number of nitrogens with zero attached hydrogens (tertiary/aromatic N) is 2. The number of ether oxygens (including phenoxy) is 1. The monoisotopic (exact) mass is 333 g/mol. The smallest absolute Gasteiger partial charge is 0.338 e. The lowest BCUT2D eigenvalue weighted by atomic mass is 9.96. The molecule has 0 spiro atoms. The summed E-state index contributed by atoms with van der Waals surface area (Å²) in [6.45, 7) is 4.04. The summed E-state index contributed by atoms with van der Waals surface area (Å²) in [6.07, 6.45) is 1.96. The van der Waals surface area contributed by atoms with Crippen LogP contribution in [0.1, 0.15) is 25.5 Å². The Morgan fingerprint density at radius 1 is 1.35 bits per heavy atom. The van der Waals surface area contributed by atoms with Crippen LogP contribution in [0.3, 0.4) is 0 Å². The van der Waals surface area contributed by atoms with E-state index in [-0.39, 0.29) is 12.0 Å². The van der Waals surface area contributed by atoms with Crippen LogP contribution in [-0.4, -0.2) is 38.1 Å². The summed E-state index contributed by atoms with van der Waals surface area (Å²) in [7, 11) is 4.00. The maximum Gasteiger partial charge on any atom is 0.338 e. The SMILES string of the molecule is CCOC(=O)C1=C(C)NC(SC)=NC1c1ccc(N(C)C)cc1. The van der Waals surface area contributed by atoms with E-state index in [0.29, 0.717) is 12.2 Å². The number of benzene rings is 1. The fourth-order valence-corrected chi connectivity index (χ4v) is 2.89. The molecule has 1 aromatic carbocycles. The molecule has 1 aliphatic heterocycles. The molecule has 0 aliphatic carbocycles. The summed E-state index contributed by atoms with van der Waals surface area (Å²) in [5.41, 5.74) is 3.45. The van der Waals surface area contributed by atoms with E-state index >= 15 is 0 Å². The van der Waals surface area contributed by atoms with E-state index in [4.69, 9.17) is 4.74 Å². The van der Waals surface area contributed by atoms with Gasteiger partial charge in [0.1, 0.15) is 6.04 Å². The van der Waals surface area contributed by atoms with Gasteiger partial charge in [-0.15, -0.1) is 0 Å². The second-order valence-electron chi connectivity index (χ2n) is 5.41. The zero-order valence-corrected chi connectivity index (χ0v) is 15.0. The van der Waals surface area contributed by atoms with Crippen molar-refractivity contribution in [3.8, 4) is 0 Å². The Morgan fingerprint density at radius 3 is 2.52 bits per heavy atom. The first kappa shape index (κ1) is 17.4. The predicted molar refractivity (Wildman–Crippen MR) is 96.9 cm³/mol. The first-order valence-corrected chi connectivity index (χ1v) is 8.74. The topological polar surface area (TPSA) is 53.9 Å². The van der Waals surface area contributed by atoms with Crippen LogP contribution in [0.5, 0.6) is 0 Å². The number of hydrogen-bond donors (Lipinski definition) is 1. The van der Waals surface area contributed by atoms with Crippen LogP contribution in [0.25, 0.3) is 0 Å². The molecule has 0 fully saturated rings. The van der Waals surface area contributed by atoms with Crippen molar-refractivity contribution in [2.45, 2.75) is 19.9 Å². The molecule has 0 aromatic heterocycles. The third-order valence-corrected chi connectivity index (χ3v) is 4.23. The number of anilines is 1. The lowest BCUT2D eigenvalue weighted by Gasteiger charge is -2.25. The van der Waals surface area contributed by atoms with Gasteiger partial charge in [-0.1, -0.05) is 23.9 Å². The highest BCUT2D eigenvalue weighted by Crippen LogP contribution is 2.33. The third-order valence-electron chi connectivity index (χ3n) is 3.63. The second kappa shape index (κ2) is 7.55. The molecular weight excluding hydrogens is 310 g/mol. The number of thioether (sulfide) groups is 1. The van der Waals surface area contributed by atoms with Crippen molar-refractivity contribution < 1.29 is 9.53 Å². The minimum Gasteiger partial charge on any atom is -0.463 e. The van der Waals surface area contributed by atoms with Gasteiger partial charge in [-0.05, 0) is 37.8 Å². The Morgan fingerprint density at radius 2 is 2.00 bits per heavy atom. The highest BCUT2D eigenvalue weighted by Gasteiger charge is 2.30. The van der Waals surface area contributed by atoms with Crippen LogP contribution >= 0.6 is 11.8 Å². The zero-order valence-electron chi connectivity index (χ0n) is 14.2. The number of nitrogens with one attached hydrogen (secondary N) is 1. The normalized spacial score (nSPS) is 17.4. The van der Waals surface area contributed by atoms with E-state index in [1.165, 1.54) is 11.8 Å². The van der Waals surface area contributed by atoms with Gasteiger partial charge in [0, 0.05) is 25.5 Å². The Kier molecular flexibility index (Phi) is 5.71. The molecule has 1 atom stereocenters. The number of hydrogen-bond acceptors (Lipinski definition) is 6. The van der Waals surface area contributed by atoms with Gasteiger partial charge >= 0.3 is 5.97 Å². The van der Waals surface area contributed by atoms with E-state index < -0.39 is 0 Å². The molecule has 6 heteroatoms. The number of aliphatic imine (C=N–C) groups is 1. The van der Waals surface area contributed by atoms with Crippen molar-refractivity contribution in [2.24, 2.45) is 4.99 Å². The lowest BCUT2D eigenvalue weighted by Crippen LogP contribution is -2.30. The predicted octanol–water partition coefficient (Wildman–Crippen LogP) is 2.95. The van der Waals surface area contributed by atoms with Gasteiger partial charge in [0.05, 0.1) is 12.2 Å². The fraction of sp³-hybridized carbons (Fsp3) is 0.412. The van der Waals surface area contributed by atoms with Gasteiger partial charge in [-0.3, -0.25) is 0 Å². The number of allylic oxidation sites excluding steroid dienone is 1. The molecule has 1 heterocycles. The largest absolute Gasteiger partial charge is 0.463 e. The van der Waals surface area contributed by atoms with Gasteiger partial charge < -0.3 is 15.0 Å². The highest BCUT2D eigenvalue weighted by molar-refractivity contribution is 8.13. The number of esters is 1. The van der Waals surface area contributed by atoms with E-state index in [9.17, 15) is 4.79 Å². The summed E-state index contributed by atoms with van der Waals surface area (Å²) in [5.74, 6) is -0.317. The maximum atomic E-state index is 12.4. The van der Waals surface area contributed by atoms with Crippen molar-refractivity contribution in [3.05, 3.63) is 41.1 Å². The standard InChI is InChI=1S/C17H23N3O2S/c1-6-22-16(21)14-11(2)18-17(23-5)19-15(14)12-7-9-13(10-8-12)20(3)4/h7-10,15H,6H2,1-5H3,(H,18,19). The van der Waals surface area contributed by atoms with Crippen molar-refractivity contribution in [3.63, 3.8) is 0 Å². The molecule has 1 unspecified atom stereocenters. The number of rotatable bonds is 4. The average Bonchev–Trinajstić information content (AvgIpc) is 2.54. The summed E-state index contributed by atoms with van der Waals surface area (Å²) >= 11 is 1.53. The molecule has 1 aromatic rings. The van der Waals surface area contributed by atoms with E-state index in [1.807, 2.05) is 63.4 Å². The van der Waals surface area contributed by atoms with Crippen molar-refractivity contribution in [2.75, 3.05) is 31.9 Å². The van der Waals surface area contributed by atoms with Gasteiger partial charge in [0.2, 0.25) is 0 Å². The minimum atomic E-state index is -0.339. The Bertz CT molecular complexity index is 636. The van der Waals surface area contributed by atoms with Crippen LogP contribution in [-0.2, 0) is 9.53 Å². The van der Waals surface area contributed by atoms with Crippen LogP contribution in [0.15, 0.2) is 40.5 Å². The number of carbonyl (C=O) groups excluding carboxylic acids is 1. The van der Waals surface area contributed by atoms with Crippen molar-refractivity contribution in [1.82, 2.24) is 5.32 Å². The van der Waals surface area contributed by atoms with Crippen LogP contribution in [0.2, 0.25) is 0 Å². The van der Waals surface area contributed by atoms with Crippen molar-refractivity contribution >= 4 is 28.6 Å². The molecule has 0 bridgehead atoms. The molecule has 5 nitrogen and oxygen atoms in total. The molecule has 0 amide bonds. The van der Waals surface area contributed by atoms with E-state index in [2.05, 4.69) is 10.3 Å². The lowest BCUT2D eigenvalue weighted by molar-refractivity contribution is -0.138. The molecule has 124 valence electrons. The number of amidine groups is 1. The fourth-order valence-electron chi connectivity index (χ4n) is 2.42. The summed E-state index contributed by atoms with van der Waals surface area (Å²) in [5, 5.41) is 3.97. The molecule has 1 aliphatic rings. The molecule has 0 radical (unpaired) electrons. The first-order valence-electron chi connectivity index (χ1n) is 7.51. The first-order chi connectivity index (χ1) is 11.0. The van der Waals surface area contributed by atoms with Gasteiger partial charge in [0.15, 0.2) is 5.17 Å². The number of carbonyl (C=O) groups is 1. The Hall–Kier alpha value is -1.95. The summed E-state index contributed by atoms with van der Waals surface area (Å²) in [6, 6.07) is 7.75. The second-order valence-corrected chi connectivity index (χ2v) is 6.21. The van der Waals surface area contributed by atoms with E-state index in [0.717, 1.165) is 22.1 Å².